The van der Waals surface area contributed by atoms with Crippen molar-refractivity contribution in [2.75, 3.05) is 31.1 Å². The van der Waals surface area contributed by atoms with Crippen LogP contribution in [0.2, 0.25) is 5.02 Å². The van der Waals surface area contributed by atoms with Gasteiger partial charge in [0.2, 0.25) is 0 Å². The second-order valence-electron chi connectivity index (χ2n) is 6.41. The lowest BCUT2D eigenvalue weighted by atomic mass is 10.1. The third-order valence-electron chi connectivity index (χ3n) is 4.71. The molecule has 0 atom stereocenters. The summed E-state index contributed by atoms with van der Waals surface area (Å²) in [6.45, 7) is 2.01. The van der Waals surface area contributed by atoms with E-state index in [0.717, 1.165) is 16.9 Å². The van der Waals surface area contributed by atoms with Crippen LogP contribution in [0, 0.1) is 10.1 Å². The maximum atomic E-state index is 12.8. The zero-order valence-electron chi connectivity index (χ0n) is 14.8. The van der Waals surface area contributed by atoms with E-state index >= 15 is 0 Å². The topological polar surface area (TPSA) is 92.5 Å². The van der Waals surface area contributed by atoms with Gasteiger partial charge >= 0.3 is 0 Å². The quantitative estimate of drug-likeness (QED) is 0.498. The number of nitro benzene ring substituents is 1. The Morgan fingerprint density at radius 2 is 1.79 bits per heavy atom. The van der Waals surface area contributed by atoms with E-state index < -0.39 is 4.92 Å². The van der Waals surface area contributed by atoms with Gasteiger partial charge in [0.25, 0.3) is 11.6 Å². The van der Waals surface area contributed by atoms with Crippen LogP contribution in [0.1, 0.15) is 10.4 Å². The molecule has 1 aromatic heterocycles. The highest BCUT2D eigenvalue weighted by molar-refractivity contribution is 6.31. The largest absolute Gasteiger partial charge is 0.352 e. The molecule has 1 aliphatic rings. The molecule has 0 radical (unpaired) electrons. The number of halogens is 1. The molecule has 2 heterocycles. The lowest BCUT2D eigenvalue weighted by Crippen LogP contribution is -2.49. The Balaban J connectivity index is 1.49. The van der Waals surface area contributed by atoms with Crippen LogP contribution in [-0.4, -0.2) is 51.9 Å². The third kappa shape index (κ3) is 3.46. The van der Waals surface area contributed by atoms with Gasteiger partial charge < -0.3 is 9.80 Å². The highest BCUT2D eigenvalue weighted by Crippen LogP contribution is 2.25. The summed E-state index contributed by atoms with van der Waals surface area (Å²) in [6.07, 6.45) is 1.73. The maximum absolute atomic E-state index is 12.8. The third-order valence-corrected chi connectivity index (χ3v) is 4.95. The number of nitrogens with zero attached hydrogens (tertiary/aromatic N) is 5. The summed E-state index contributed by atoms with van der Waals surface area (Å²) in [5.74, 6) is 0.385. The fourth-order valence-corrected chi connectivity index (χ4v) is 3.41. The van der Waals surface area contributed by atoms with Gasteiger partial charge in [-0.25, -0.2) is 4.98 Å². The molecular weight excluding hydrogens is 382 g/mol. The number of carbonyl (C=O) groups is 1. The molecule has 142 valence electrons. The summed E-state index contributed by atoms with van der Waals surface area (Å²) in [4.78, 5) is 36.2. The van der Waals surface area contributed by atoms with Crippen molar-refractivity contribution in [3.8, 4) is 0 Å². The number of para-hydroxylation sites is 2. The molecule has 0 N–H and O–H groups in total. The molecule has 4 rings (SSSR count). The summed E-state index contributed by atoms with van der Waals surface area (Å²) in [6, 6.07) is 11.7. The van der Waals surface area contributed by atoms with Gasteiger partial charge in [0.1, 0.15) is 11.4 Å². The van der Waals surface area contributed by atoms with E-state index in [1.807, 2.05) is 24.3 Å². The van der Waals surface area contributed by atoms with Gasteiger partial charge in [0.15, 0.2) is 0 Å². The van der Waals surface area contributed by atoms with Crippen molar-refractivity contribution in [1.82, 2.24) is 14.9 Å². The lowest BCUT2D eigenvalue weighted by Gasteiger charge is -2.35. The van der Waals surface area contributed by atoms with Crippen molar-refractivity contribution in [1.29, 1.82) is 0 Å². The smallest absolute Gasteiger partial charge is 0.283 e. The Labute approximate surface area is 165 Å². The van der Waals surface area contributed by atoms with Crippen LogP contribution in [0.15, 0.2) is 48.7 Å². The van der Waals surface area contributed by atoms with Gasteiger partial charge in [-0.05, 0) is 24.3 Å². The highest BCUT2D eigenvalue weighted by atomic mass is 35.5. The lowest BCUT2D eigenvalue weighted by molar-refractivity contribution is -0.385. The standard InChI is InChI=1S/C19H16ClN5O3/c20-13-5-6-14(17(11-13)25(27)28)19(26)24-9-7-23(8-10-24)18-12-21-15-3-1-2-4-16(15)22-18/h1-6,11-12H,7-10H2. The normalized spacial score (nSPS) is 14.3. The summed E-state index contributed by atoms with van der Waals surface area (Å²) in [7, 11) is 0. The molecule has 0 saturated carbocycles. The van der Waals surface area contributed by atoms with Gasteiger partial charge in [0.05, 0.1) is 22.2 Å². The second-order valence-corrected chi connectivity index (χ2v) is 6.85. The zero-order chi connectivity index (χ0) is 19.7. The summed E-state index contributed by atoms with van der Waals surface area (Å²) < 4.78 is 0. The average Bonchev–Trinajstić information content (AvgIpc) is 2.73. The van der Waals surface area contributed by atoms with E-state index in [0.29, 0.717) is 26.2 Å². The van der Waals surface area contributed by atoms with E-state index in [2.05, 4.69) is 14.9 Å². The number of carbonyl (C=O) groups excluding carboxylic acids is 1. The number of amides is 1. The minimum Gasteiger partial charge on any atom is -0.352 e. The first kappa shape index (κ1) is 18.1. The predicted octanol–water partition coefficient (Wildman–Crippen LogP) is 3.15. The first-order chi connectivity index (χ1) is 13.5. The van der Waals surface area contributed by atoms with Crippen LogP contribution in [0.4, 0.5) is 11.5 Å². The van der Waals surface area contributed by atoms with Crippen LogP contribution >= 0.6 is 11.6 Å². The van der Waals surface area contributed by atoms with Crippen LogP contribution in [-0.2, 0) is 0 Å². The Hall–Kier alpha value is -3.26. The number of fused-ring (bicyclic) bond motifs is 1. The molecule has 0 spiro atoms. The minimum absolute atomic E-state index is 0.0494. The van der Waals surface area contributed by atoms with Gasteiger partial charge in [-0.15, -0.1) is 0 Å². The molecule has 1 saturated heterocycles. The molecule has 0 aliphatic carbocycles. The van der Waals surface area contributed by atoms with Crippen molar-refractivity contribution < 1.29 is 9.72 Å². The van der Waals surface area contributed by atoms with Crippen molar-refractivity contribution in [3.63, 3.8) is 0 Å². The van der Waals surface area contributed by atoms with Crippen LogP contribution in [0.25, 0.3) is 11.0 Å². The predicted molar refractivity (Wildman–Crippen MR) is 106 cm³/mol. The molecule has 8 nitrogen and oxygen atoms in total. The van der Waals surface area contributed by atoms with Crippen molar-refractivity contribution in [2.24, 2.45) is 0 Å². The fraction of sp³-hybridized carbons (Fsp3) is 0.211. The number of rotatable bonds is 3. The van der Waals surface area contributed by atoms with Crippen molar-refractivity contribution in [2.45, 2.75) is 0 Å². The average molecular weight is 398 g/mol. The maximum Gasteiger partial charge on any atom is 0.283 e. The summed E-state index contributed by atoms with van der Waals surface area (Å²) in [5.41, 5.74) is 1.42. The van der Waals surface area contributed by atoms with Crippen LogP contribution in [0.3, 0.4) is 0 Å². The zero-order valence-corrected chi connectivity index (χ0v) is 15.5. The van der Waals surface area contributed by atoms with Gasteiger partial charge in [-0.1, -0.05) is 23.7 Å². The molecule has 28 heavy (non-hydrogen) atoms. The number of aromatic nitrogens is 2. The first-order valence-electron chi connectivity index (χ1n) is 8.73. The number of benzene rings is 2. The van der Waals surface area contributed by atoms with E-state index in [4.69, 9.17) is 11.6 Å². The van der Waals surface area contributed by atoms with Gasteiger partial charge in [-0.2, -0.15) is 0 Å². The van der Waals surface area contributed by atoms with Crippen LogP contribution in [0.5, 0.6) is 0 Å². The molecule has 2 aromatic carbocycles. The van der Waals surface area contributed by atoms with Gasteiger partial charge in [0, 0.05) is 37.3 Å². The molecule has 9 heteroatoms. The Bertz CT molecular complexity index is 1070. The molecule has 1 fully saturated rings. The van der Waals surface area contributed by atoms with Gasteiger partial charge in [-0.3, -0.25) is 19.9 Å². The first-order valence-corrected chi connectivity index (χ1v) is 9.11. The van der Waals surface area contributed by atoms with Crippen LogP contribution < -0.4 is 4.90 Å². The number of anilines is 1. The monoisotopic (exact) mass is 397 g/mol. The Morgan fingerprint density at radius 1 is 1.07 bits per heavy atom. The molecule has 0 unspecified atom stereocenters. The Morgan fingerprint density at radius 3 is 2.50 bits per heavy atom. The SMILES string of the molecule is O=C(c1ccc(Cl)cc1[N+](=O)[O-])N1CCN(c2cnc3ccccc3n2)CC1. The Kier molecular flexibility index (Phi) is 4.79. The molecule has 3 aromatic rings. The highest BCUT2D eigenvalue weighted by Gasteiger charge is 2.28. The molecule has 0 bridgehead atoms. The number of nitro groups is 1. The minimum atomic E-state index is -0.583. The van der Waals surface area contributed by atoms with E-state index in [9.17, 15) is 14.9 Å². The number of hydrogen-bond donors (Lipinski definition) is 0. The fourth-order valence-electron chi connectivity index (χ4n) is 3.25. The number of piperazine rings is 1. The number of hydrogen-bond acceptors (Lipinski definition) is 6. The summed E-state index contributed by atoms with van der Waals surface area (Å²) in [5, 5.41) is 11.5. The van der Waals surface area contributed by atoms with E-state index in [1.165, 1.54) is 18.2 Å². The molecular formula is C19H16ClN5O3. The van der Waals surface area contributed by atoms with E-state index in [-0.39, 0.29) is 22.2 Å². The second kappa shape index (κ2) is 7.40. The van der Waals surface area contributed by atoms with Crippen molar-refractivity contribution in [3.05, 3.63) is 69.4 Å². The van der Waals surface area contributed by atoms with Crippen molar-refractivity contribution >= 4 is 40.0 Å². The van der Waals surface area contributed by atoms with E-state index in [1.54, 1.807) is 11.1 Å². The summed E-state index contributed by atoms with van der Waals surface area (Å²) >= 11 is 5.83. The molecule has 1 aliphatic heterocycles. The molecule has 1 amide bonds.